The van der Waals surface area contributed by atoms with E-state index in [0.29, 0.717) is 31.5 Å². The number of rotatable bonds is 6. The van der Waals surface area contributed by atoms with Crippen LogP contribution < -0.4 is 4.74 Å². The number of methoxy groups -OCH3 is 1. The molecule has 0 unspecified atom stereocenters. The number of Topliss-reactive ketones (excluding diaryl/α,β-unsaturated/α-hetero) is 1. The third-order valence-corrected chi connectivity index (χ3v) is 4.76. The molecule has 2 aromatic rings. The van der Waals surface area contributed by atoms with Crippen LogP contribution in [0.4, 0.5) is 0 Å². The number of piperidine rings is 1. The molecule has 1 fully saturated rings. The monoisotopic (exact) mass is 341 g/mol. The Bertz CT molecular complexity index is 698. The van der Waals surface area contributed by atoms with Gasteiger partial charge in [-0.05, 0) is 49.2 Å². The number of ether oxygens (including phenoxy) is 1. The Morgan fingerprint density at radius 2 is 1.88 bits per heavy atom. The number of benzene rings is 1. The van der Waals surface area contributed by atoms with Gasteiger partial charge in [-0.3, -0.25) is 9.59 Å². The maximum atomic E-state index is 12.6. The molecule has 1 aromatic heterocycles. The van der Waals surface area contributed by atoms with E-state index < -0.39 is 0 Å². The fraction of sp³-hybridized carbons (Fsp3) is 0.400. The number of likely N-dealkylation sites (tertiary alicyclic amines) is 1. The van der Waals surface area contributed by atoms with Crippen molar-refractivity contribution in [2.24, 2.45) is 5.92 Å². The van der Waals surface area contributed by atoms with E-state index in [1.54, 1.807) is 25.5 Å². The fourth-order valence-electron chi connectivity index (χ4n) is 3.23. The second-order valence-electron chi connectivity index (χ2n) is 6.33. The van der Waals surface area contributed by atoms with Gasteiger partial charge in [0, 0.05) is 37.4 Å². The Labute approximate surface area is 147 Å². The van der Waals surface area contributed by atoms with E-state index in [1.807, 2.05) is 29.2 Å². The summed E-state index contributed by atoms with van der Waals surface area (Å²) in [6.07, 6.45) is 4.13. The highest BCUT2D eigenvalue weighted by Gasteiger charge is 2.27. The van der Waals surface area contributed by atoms with Crippen molar-refractivity contribution in [3.05, 3.63) is 54.0 Å². The van der Waals surface area contributed by atoms with Crippen molar-refractivity contribution in [1.82, 2.24) is 4.90 Å². The summed E-state index contributed by atoms with van der Waals surface area (Å²) in [5.41, 5.74) is 0.711. The lowest BCUT2D eigenvalue weighted by Crippen LogP contribution is -2.40. The molecule has 0 radical (unpaired) electrons. The van der Waals surface area contributed by atoms with Crippen molar-refractivity contribution in [3.63, 3.8) is 0 Å². The largest absolute Gasteiger partial charge is 0.497 e. The van der Waals surface area contributed by atoms with Crippen molar-refractivity contribution in [1.29, 1.82) is 0 Å². The first kappa shape index (κ1) is 17.3. The van der Waals surface area contributed by atoms with Crippen molar-refractivity contribution in [2.75, 3.05) is 20.2 Å². The van der Waals surface area contributed by atoms with E-state index in [2.05, 4.69) is 0 Å². The second-order valence-corrected chi connectivity index (χ2v) is 6.33. The fourth-order valence-corrected chi connectivity index (χ4v) is 3.23. The van der Waals surface area contributed by atoms with Crippen molar-refractivity contribution < 1.29 is 18.7 Å². The van der Waals surface area contributed by atoms with Crippen LogP contribution in [0.5, 0.6) is 5.75 Å². The Kier molecular flexibility index (Phi) is 5.53. The van der Waals surface area contributed by atoms with Crippen LogP contribution in [0, 0.1) is 5.92 Å². The van der Waals surface area contributed by atoms with Gasteiger partial charge in [-0.25, -0.2) is 0 Å². The Morgan fingerprint density at radius 1 is 1.16 bits per heavy atom. The molecular formula is C20H23NO4. The Balaban J connectivity index is 1.48. The number of amides is 1. The molecule has 0 saturated carbocycles. The van der Waals surface area contributed by atoms with Gasteiger partial charge in [-0.1, -0.05) is 0 Å². The van der Waals surface area contributed by atoms with Gasteiger partial charge in [-0.2, -0.15) is 0 Å². The SMILES string of the molecule is COc1ccc(C(=O)C2CCN(C(=O)CCc3ccco3)CC2)cc1. The molecule has 0 bridgehead atoms. The summed E-state index contributed by atoms with van der Waals surface area (Å²) in [4.78, 5) is 26.8. The summed E-state index contributed by atoms with van der Waals surface area (Å²) in [6.45, 7) is 1.28. The number of hydrogen-bond donors (Lipinski definition) is 0. The van der Waals surface area contributed by atoms with Crippen LogP contribution in [0.25, 0.3) is 0 Å². The summed E-state index contributed by atoms with van der Waals surface area (Å²) < 4.78 is 10.4. The van der Waals surface area contributed by atoms with Crippen LogP contribution in [-0.2, 0) is 11.2 Å². The second kappa shape index (κ2) is 8.01. The number of carbonyl (C=O) groups excluding carboxylic acids is 2. The van der Waals surface area contributed by atoms with Gasteiger partial charge in [0.2, 0.25) is 5.91 Å². The van der Waals surface area contributed by atoms with E-state index >= 15 is 0 Å². The molecule has 2 heterocycles. The lowest BCUT2D eigenvalue weighted by atomic mass is 9.88. The van der Waals surface area contributed by atoms with Crippen LogP contribution in [0.1, 0.15) is 35.4 Å². The van der Waals surface area contributed by atoms with Crippen molar-refractivity contribution in [2.45, 2.75) is 25.7 Å². The highest BCUT2D eigenvalue weighted by atomic mass is 16.5. The third kappa shape index (κ3) is 4.29. The molecule has 1 aromatic carbocycles. The quantitative estimate of drug-likeness (QED) is 0.756. The smallest absolute Gasteiger partial charge is 0.223 e. The summed E-state index contributed by atoms with van der Waals surface area (Å²) in [5, 5.41) is 0. The van der Waals surface area contributed by atoms with Crippen LogP contribution in [0.15, 0.2) is 47.1 Å². The first-order chi connectivity index (χ1) is 12.2. The molecule has 0 atom stereocenters. The first-order valence-electron chi connectivity index (χ1n) is 8.66. The average molecular weight is 341 g/mol. The van der Waals surface area contributed by atoms with E-state index in [4.69, 9.17) is 9.15 Å². The van der Waals surface area contributed by atoms with E-state index in [9.17, 15) is 9.59 Å². The van der Waals surface area contributed by atoms with Gasteiger partial charge in [0.25, 0.3) is 0 Å². The summed E-state index contributed by atoms with van der Waals surface area (Å²) in [5.74, 6) is 1.85. The summed E-state index contributed by atoms with van der Waals surface area (Å²) in [6, 6.07) is 10.9. The van der Waals surface area contributed by atoms with E-state index in [-0.39, 0.29) is 17.6 Å². The molecule has 1 aliphatic heterocycles. The highest BCUT2D eigenvalue weighted by molar-refractivity contribution is 5.98. The maximum Gasteiger partial charge on any atom is 0.223 e. The zero-order valence-electron chi connectivity index (χ0n) is 14.4. The minimum atomic E-state index is -0.0116. The molecule has 1 amide bonds. The molecule has 3 rings (SSSR count). The van der Waals surface area contributed by atoms with Gasteiger partial charge in [0.1, 0.15) is 11.5 Å². The number of aryl methyl sites for hydroxylation is 1. The average Bonchev–Trinajstić information content (AvgIpc) is 3.19. The van der Waals surface area contributed by atoms with Crippen LogP contribution >= 0.6 is 0 Å². The predicted molar refractivity (Wildman–Crippen MR) is 93.7 cm³/mol. The van der Waals surface area contributed by atoms with Gasteiger partial charge in [-0.15, -0.1) is 0 Å². The molecule has 0 aliphatic carbocycles. The van der Waals surface area contributed by atoms with Crippen molar-refractivity contribution >= 4 is 11.7 Å². The van der Waals surface area contributed by atoms with Crippen LogP contribution in [0.2, 0.25) is 0 Å². The van der Waals surface area contributed by atoms with E-state index in [0.717, 1.165) is 24.4 Å². The molecule has 5 nitrogen and oxygen atoms in total. The number of hydrogen-bond acceptors (Lipinski definition) is 4. The van der Waals surface area contributed by atoms with Crippen LogP contribution in [0.3, 0.4) is 0 Å². The standard InChI is InChI=1S/C20H23NO4/c1-24-17-6-4-15(5-7-17)20(23)16-10-12-21(13-11-16)19(22)9-8-18-3-2-14-25-18/h2-7,14,16H,8-13H2,1H3. The molecule has 1 saturated heterocycles. The molecule has 5 heteroatoms. The van der Waals surface area contributed by atoms with Gasteiger partial charge >= 0.3 is 0 Å². The molecule has 0 spiro atoms. The lowest BCUT2D eigenvalue weighted by molar-refractivity contribution is -0.132. The lowest BCUT2D eigenvalue weighted by Gasteiger charge is -2.31. The van der Waals surface area contributed by atoms with Gasteiger partial charge < -0.3 is 14.1 Å². The topological polar surface area (TPSA) is 59.8 Å². The summed E-state index contributed by atoms with van der Waals surface area (Å²) >= 11 is 0. The number of ketones is 1. The minimum Gasteiger partial charge on any atom is -0.497 e. The molecule has 132 valence electrons. The summed E-state index contributed by atoms with van der Waals surface area (Å²) in [7, 11) is 1.61. The van der Waals surface area contributed by atoms with Gasteiger partial charge in [0.05, 0.1) is 13.4 Å². The highest BCUT2D eigenvalue weighted by Crippen LogP contribution is 2.23. The zero-order chi connectivity index (χ0) is 17.6. The molecule has 1 aliphatic rings. The Morgan fingerprint density at radius 3 is 2.48 bits per heavy atom. The minimum absolute atomic E-state index is 0.0116. The first-order valence-corrected chi connectivity index (χ1v) is 8.66. The predicted octanol–water partition coefficient (Wildman–Crippen LogP) is 3.34. The molecule has 25 heavy (non-hydrogen) atoms. The number of nitrogens with zero attached hydrogens (tertiary/aromatic N) is 1. The van der Waals surface area contributed by atoms with E-state index in [1.165, 1.54) is 0 Å². The molecular weight excluding hydrogens is 318 g/mol. The van der Waals surface area contributed by atoms with Crippen LogP contribution in [-0.4, -0.2) is 36.8 Å². The Hall–Kier alpha value is -2.56. The number of carbonyl (C=O) groups is 2. The van der Waals surface area contributed by atoms with Crippen molar-refractivity contribution in [3.8, 4) is 5.75 Å². The zero-order valence-corrected chi connectivity index (χ0v) is 14.4. The maximum absolute atomic E-state index is 12.6. The number of furan rings is 1. The molecule has 0 N–H and O–H groups in total. The normalized spacial score (nSPS) is 15.2. The third-order valence-electron chi connectivity index (χ3n) is 4.76. The van der Waals surface area contributed by atoms with Gasteiger partial charge in [0.15, 0.2) is 5.78 Å².